The Morgan fingerprint density at radius 1 is 1.29 bits per heavy atom. The number of aliphatic imine (C=N–C) groups is 1. The molecule has 0 spiro atoms. The first-order chi connectivity index (χ1) is 11.6. The van der Waals surface area contributed by atoms with Crippen molar-refractivity contribution in [2.75, 3.05) is 45.2 Å². The van der Waals surface area contributed by atoms with Gasteiger partial charge in [-0.2, -0.15) is 0 Å². The predicted octanol–water partition coefficient (Wildman–Crippen LogP) is 0.825. The van der Waals surface area contributed by atoms with Crippen LogP contribution < -0.4 is 15.5 Å². The smallest absolute Gasteiger partial charge is 0.241 e. The van der Waals surface area contributed by atoms with E-state index in [4.69, 9.17) is 0 Å². The van der Waals surface area contributed by atoms with Crippen molar-refractivity contribution in [1.29, 1.82) is 0 Å². The van der Waals surface area contributed by atoms with Gasteiger partial charge in [-0.05, 0) is 31.9 Å². The zero-order chi connectivity index (χ0) is 17.4. The summed E-state index contributed by atoms with van der Waals surface area (Å²) in [5.41, 5.74) is 0.893. The van der Waals surface area contributed by atoms with Gasteiger partial charge in [0.1, 0.15) is 5.82 Å². The Kier molecular flexibility index (Phi) is 6.84. The summed E-state index contributed by atoms with van der Waals surface area (Å²) in [6.07, 6.45) is 2.21. The molecule has 132 valence electrons. The molecule has 1 saturated heterocycles. The Hall–Kier alpha value is -2.31. The third-order valence-electron chi connectivity index (χ3n) is 3.86. The fourth-order valence-corrected chi connectivity index (χ4v) is 2.54. The second kappa shape index (κ2) is 9.10. The van der Waals surface area contributed by atoms with Crippen molar-refractivity contribution < 1.29 is 4.79 Å². The number of nitrogens with one attached hydrogen (secondary N) is 2. The summed E-state index contributed by atoms with van der Waals surface area (Å²) in [5, 5.41) is 6.28. The van der Waals surface area contributed by atoms with Crippen molar-refractivity contribution >= 4 is 17.7 Å². The summed E-state index contributed by atoms with van der Waals surface area (Å²) in [7, 11) is 3.93. The molecular weight excluding hydrogens is 304 g/mol. The molecule has 0 unspecified atom stereocenters. The summed E-state index contributed by atoms with van der Waals surface area (Å²) in [6.45, 7) is 5.23. The second-order valence-electron chi connectivity index (χ2n) is 6.02. The van der Waals surface area contributed by atoms with Gasteiger partial charge in [-0.1, -0.05) is 6.07 Å². The molecule has 7 nitrogen and oxygen atoms in total. The minimum atomic E-state index is 0.130. The normalized spacial score (nSPS) is 14.6. The number of guanidine groups is 1. The van der Waals surface area contributed by atoms with Crippen LogP contribution in [0.15, 0.2) is 23.2 Å². The van der Waals surface area contributed by atoms with Crippen LogP contribution in [0, 0.1) is 0 Å². The number of aromatic nitrogens is 1. The first-order valence-corrected chi connectivity index (χ1v) is 8.53. The Bertz CT molecular complexity index is 566. The van der Waals surface area contributed by atoms with E-state index in [0.29, 0.717) is 12.5 Å². The highest BCUT2D eigenvalue weighted by Crippen LogP contribution is 2.09. The lowest BCUT2D eigenvalue weighted by atomic mass is 10.3. The average Bonchev–Trinajstić information content (AvgIpc) is 3.12. The van der Waals surface area contributed by atoms with E-state index in [1.807, 2.05) is 49.0 Å². The Morgan fingerprint density at radius 3 is 2.71 bits per heavy atom. The first kappa shape index (κ1) is 18.0. The molecule has 0 saturated carbocycles. The molecule has 7 heteroatoms. The molecule has 2 heterocycles. The fourth-order valence-electron chi connectivity index (χ4n) is 2.54. The number of likely N-dealkylation sites (tertiary alicyclic amines) is 1. The van der Waals surface area contributed by atoms with Crippen molar-refractivity contribution in [1.82, 2.24) is 20.5 Å². The Labute approximate surface area is 144 Å². The molecule has 1 fully saturated rings. The SMILES string of the molecule is CCNC(=NCc1cccc(N(C)C)n1)NCC(=O)N1CCCC1. The summed E-state index contributed by atoms with van der Waals surface area (Å²) >= 11 is 0. The molecule has 24 heavy (non-hydrogen) atoms. The van der Waals surface area contributed by atoms with Gasteiger partial charge in [-0.3, -0.25) is 4.79 Å². The summed E-state index contributed by atoms with van der Waals surface area (Å²) in [5.74, 6) is 1.68. The average molecular weight is 332 g/mol. The van der Waals surface area contributed by atoms with Crippen LogP contribution in [-0.4, -0.2) is 62.0 Å². The molecule has 0 atom stereocenters. The summed E-state index contributed by atoms with van der Waals surface area (Å²) < 4.78 is 0. The van der Waals surface area contributed by atoms with E-state index in [1.165, 1.54) is 0 Å². The number of pyridine rings is 1. The third-order valence-corrected chi connectivity index (χ3v) is 3.86. The van der Waals surface area contributed by atoms with Gasteiger partial charge in [0.25, 0.3) is 0 Å². The standard InChI is InChI=1S/C17H28N6O/c1-4-18-17(20-13-16(24)23-10-5-6-11-23)19-12-14-8-7-9-15(21-14)22(2)3/h7-9H,4-6,10-13H2,1-3H3,(H2,18,19,20). The molecule has 0 aliphatic carbocycles. The highest BCUT2D eigenvalue weighted by molar-refractivity contribution is 5.86. The van der Waals surface area contributed by atoms with Crippen molar-refractivity contribution in [3.63, 3.8) is 0 Å². The van der Waals surface area contributed by atoms with Crippen molar-refractivity contribution in [2.24, 2.45) is 4.99 Å². The topological polar surface area (TPSA) is 72.9 Å². The van der Waals surface area contributed by atoms with Crippen LogP contribution in [0.4, 0.5) is 5.82 Å². The number of carbonyl (C=O) groups excluding carboxylic acids is 1. The van der Waals surface area contributed by atoms with Crippen molar-refractivity contribution in [2.45, 2.75) is 26.3 Å². The van der Waals surface area contributed by atoms with Crippen LogP contribution in [0.3, 0.4) is 0 Å². The van der Waals surface area contributed by atoms with Crippen LogP contribution >= 0.6 is 0 Å². The fraction of sp³-hybridized carbons (Fsp3) is 0.588. The second-order valence-corrected chi connectivity index (χ2v) is 6.02. The Balaban J connectivity index is 1.92. The summed E-state index contributed by atoms with van der Waals surface area (Å²) in [4.78, 5) is 25.1. The lowest BCUT2D eigenvalue weighted by molar-refractivity contribution is -0.128. The molecule has 0 aromatic carbocycles. The molecule has 2 N–H and O–H groups in total. The van der Waals surface area contributed by atoms with Crippen LogP contribution in [0.2, 0.25) is 0 Å². The van der Waals surface area contributed by atoms with Gasteiger partial charge in [-0.25, -0.2) is 9.98 Å². The number of rotatable bonds is 6. The maximum absolute atomic E-state index is 12.1. The molecule has 2 rings (SSSR count). The maximum atomic E-state index is 12.1. The first-order valence-electron chi connectivity index (χ1n) is 8.53. The van der Waals surface area contributed by atoms with E-state index >= 15 is 0 Å². The van der Waals surface area contributed by atoms with E-state index < -0.39 is 0 Å². The van der Waals surface area contributed by atoms with E-state index in [0.717, 1.165) is 44.0 Å². The van der Waals surface area contributed by atoms with E-state index in [2.05, 4.69) is 20.6 Å². The van der Waals surface area contributed by atoms with Crippen LogP contribution in [-0.2, 0) is 11.3 Å². The molecule has 0 bridgehead atoms. The number of nitrogens with zero attached hydrogens (tertiary/aromatic N) is 4. The van der Waals surface area contributed by atoms with Crippen molar-refractivity contribution in [3.8, 4) is 0 Å². The molecule has 1 aliphatic rings. The number of hydrogen-bond donors (Lipinski definition) is 2. The molecule has 1 aromatic rings. The molecule has 1 aliphatic heterocycles. The molecule has 1 amide bonds. The van der Waals surface area contributed by atoms with Gasteiger partial charge in [0, 0.05) is 33.7 Å². The molecule has 1 aromatic heterocycles. The third kappa shape index (κ3) is 5.40. The van der Waals surface area contributed by atoms with Gasteiger partial charge in [-0.15, -0.1) is 0 Å². The number of hydrogen-bond acceptors (Lipinski definition) is 4. The van der Waals surface area contributed by atoms with E-state index in [9.17, 15) is 4.79 Å². The van der Waals surface area contributed by atoms with Crippen molar-refractivity contribution in [3.05, 3.63) is 23.9 Å². The minimum absolute atomic E-state index is 0.130. The van der Waals surface area contributed by atoms with E-state index in [-0.39, 0.29) is 12.5 Å². The van der Waals surface area contributed by atoms with Gasteiger partial charge in [0.15, 0.2) is 5.96 Å². The summed E-state index contributed by atoms with van der Waals surface area (Å²) in [6, 6.07) is 5.89. The van der Waals surface area contributed by atoms with Gasteiger partial charge in [0.05, 0.1) is 18.8 Å². The molecule has 0 radical (unpaired) electrons. The lowest BCUT2D eigenvalue weighted by Crippen LogP contribution is -2.44. The van der Waals surface area contributed by atoms with Crippen LogP contribution in [0.5, 0.6) is 0 Å². The largest absolute Gasteiger partial charge is 0.363 e. The van der Waals surface area contributed by atoms with Gasteiger partial charge < -0.3 is 20.4 Å². The van der Waals surface area contributed by atoms with Gasteiger partial charge in [0.2, 0.25) is 5.91 Å². The molecular formula is C17H28N6O. The highest BCUT2D eigenvalue weighted by Gasteiger charge is 2.17. The quantitative estimate of drug-likeness (QED) is 0.596. The number of anilines is 1. The predicted molar refractivity (Wildman–Crippen MR) is 97.2 cm³/mol. The lowest BCUT2D eigenvalue weighted by Gasteiger charge is -2.17. The zero-order valence-corrected chi connectivity index (χ0v) is 14.9. The van der Waals surface area contributed by atoms with E-state index in [1.54, 1.807) is 0 Å². The van der Waals surface area contributed by atoms with Crippen LogP contribution in [0.25, 0.3) is 0 Å². The number of carbonyl (C=O) groups is 1. The zero-order valence-electron chi connectivity index (χ0n) is 14.9. The van der Waals surface area contributed by atoms with Crippen LogP contribution in [0.1, 0.15) is 25.5 Å². The van der Waals surface area contributed by atoms with Gasteiger partial charge >= 0.3 is 0 Å². The highest BCUT2D eigenvalue weighted by atomic mass is 16.2. The maximum Gasteiger partial charge on any atom is 0.241 e. The number of amides is 1. The monoisotopic (exact) mass is 332 g/mol. The minimum Gasteiger partial charge on any atom is -0.363 e. The Morgan fingerprint density at radius 2 is 2.04 bits per heavy atom.